The Morgan fingerprint density at radius 2 is 1.75 bits per heavy atom. The number of fused-ring (bicyclic) bond motifs is 1. The van der Waals surface area contributed by atoms with Crippen LogP contribution in [0.25, 0.3) is 0 Å². The average Bonchev–Trinajstić information content (AvgIpc) is 2.92. The fraction of sp³-hybridized carbons (Fsp3) is 0.733. The summed E-state index contributed by atoms with van der Waals surface area (Å²) < 4.78 is 16.3. The molecule has 3 rings (SSSR count). The molecule has 6 N–H and O–H groups in total. The van der Waals surface area contributed by atoms with Crippen LogP contribution < -0.4 is 0 Å². The van der Waals surface area contributed by atoms with Gasteiger partial charge in [-0.3, -0.25) is 0 Å². The van der Waals surface area contributed by atoms with E-state index in [2.05, 4.69) is 0 Å². The van der Waals surface area contributed by atoms with Crippen molar-refractivity contribution in [3.63, 3.8) is 0 Å². The van der Waals surface area contributed by atoms with E-state index in [9.17, 15) is 30.6 Å². The van der Waals surface area contributed by atoms with E-state index >= 15 is 0 Å². The maximum atomic E-state index is 10.0. The molecule has 1 fully saturated rings. The van der Waals surface area contributed by atoms with Gasteiger partial charge >= 0.3 is 0 Å². The molecule has 0 radical (unpaired) electrons. The predicted octanol–water partition coefficient (Wildman–Crippen LogP) is -2.80. The molecule has 9 atom stereocenters. The smallest absolute Gasteiger partial charge is 0.209 e. The highest BCUT2D eigenvalue weighted by atomic mass is 16.8. The van der Waals surface area contributed by atoms with Crippen molar-refractivity contribution < 1.29 is 44.8 Å². The van der Waals surface area contributed by atoms with Crippen LogP contribution in [-0.2, 0) is 14.2 Å². The normalized spacial score (nSPS) is 47.9. The molecule has 24 heavy (non-hydrogen) atoms. The molecule has 1 saturated heterocycles. The number of hydrogen-bond acceptors (Lipinski definition) is 9. The third-order valence-electron chi connectivity index (χ3n) is 4.73. The fourth-order valence-corrected chi connectivity index (χ4v) is 3.38. The maximum Gasteiger partial charge on any atom is 0.209 e. The highest BCUT2D eigenvalue weighted by Gasteiger charge is 2.49. The van der Waals surface area contributed by atoms with Crippen LogP contribution in [0.2, 0.25) is 0 Å². The van der Waals surface area contributed by atoms with Crippen LogP contribution in [0.4, 0.5) is 0 Å². The third-order valence-corrected chi connectivity index (χ3v) is 4.73. The van der Waals surface area contributed by atoms with E-state index in [0.29, 0.717) is 5.57 Å². The van der Waals surface area contributed by atoms with E-state index in [4.69, 9.17) is 14.2 Å². The first-order valence-electron chi connectivity index (χ1n) is 7.75. The Morgan fingerprint density at radius 1 is 1.00 bits per heavy atom. The lowest BCUT2D eigenvalue weighted by Crippen LogP contribution is -2.60. The zero-order chi connectivity index (χ0) is 17.4. The number of aliphatic hydroxyl groups is 6. The molecule has 0 aromatic heterocycles. The van der Waals surface area contributed by atoms with Gasteiger partial charge in [0.15, 0.2) is 6.29 Å². The van der Waals surface area contributed by atoms with Gasteiger partial charge in [-0.15, -0.1) is 0 Å². The molecule has 3 aliphatic rings. The molecule has 9 heteroatoms. The van der Waals surface area contributed by atoms with Gasteiger partial charge in [0.2, 0.25) is 6.29 Å². The van der Waals surface area contributed by atoms with Crippen molar-refractivity contribution >= 4 is 0 Å². The number of ether oxygens (including phenoxy) is 3. The monoisotopic (exact) mass is 346 g/mol. The maximum absolute atomic E-state index is 10.0. The molecule has 136 valence electrons. The molecule has 1 aliphatic carbocycles. The molecular weight excluding hydrogens is 324 g/mol. The lowest BCUT2D eigenvalue weighted by molar-refractivity contribution is -0.339. The minimum atomic E-state index is -1.56. The minimum Gasteiger partial charge on any atom is -0.472 e. The van der Waals surface area contributed by atoms with Crippen molar-refractivity contribution in [1.82, 2.24) is 0 Å². The first-order valence-corrected chi connectivity index (χ1v) is 7.75. The molecule has 2 heterocycles. The van der Waals surface area contributed by atoms with E-state index in [0.717, 1.165) is 0 Å². The zero-order valence-corrected chi connectivity index (χ0v) is 12.8. The summed E-state index contributed by atoms with van der Waals surface area (Å²) in [4.78, 5) is 0. The van der Waals surface area contributed by atoms with Crippen molar-refractivity contribution in [2.75, 3.05) is 13.2 Å². The first kappa shape index (κ1) is 17.8. The minimum absolute atomic E-state index is 0.288. The number of hydrogen-bond donors (Lipinski definition) is 6. The van der Waals surface area contributed by atoms with Gasteiger partial charge < -0.3 is 44.8 Å². The Morgan fingerprint density at radius 3 is 2.42 bits per heavy atom. The molecule has 0 spiro atoms. The van der Waals surface area contributed by atoms with Gasteiger partial charge in [0.25, 0.3) is 0 Å². The highest BCUT2D eigenvalue weighted by Crippen LogP contribution is 2.40. The van der Waals surface area contributed by atoms with Gasteiger partial charge in [-0.25, -0.2) is 0 Å². The summed E-state index contributed by atoms with van der Waals surface area (Å²) in [6.07, 6.45) is -4.27. The molecule has 9 nitrogen and oxygen atoms in total. The molecule has 0 bridgehead atoms. The van der Waals surface area contributed by atoms with Crippen LogP contribution in [0.5, 0.6) is 0 Å². The summed E-state index contributed by atoms with van der Waals surface area (Å²) in [7, 11) is 0. The topological polar surface area (TPSA) is 149 Å². The SMILES string of the molecule is OCC1=C[C@H](O)[C@H]2C=CO[C@@H](O[C@H]3O[C@H](CO)[C@H](O)[C@@H](O)[C@H]3O)[C@@H]12. The van der Waals surface area contributed by atoms with E-state index in [1.807, 2.05) is 0 Å². The third kappa shape index (κ3) is 2.98. The summed E-state index contributed by atoms with van der Waals surface area (Å²) in [6.45, 7) is -0.854. The van der Waals surface area contributed by atoms with Crippen molar-refractivity contribution in [2.24, 2.45) is 11.8 Å². The standard InChI is InChI=1S/C15H22O9/c16-4-6-3-8(18)7-1-2-22-14(10(6)7)24-15-13(21)12(20)11(19)9(5-17)23-15/h1-3,7-21H,4-5H2/t7-,8+,9-,10+,11+,12-,13-,14+,15-/m1/s1. The van der Waals surface area contributed by atoms with Gasteiger partial charge in [-0.1, -0.05) is 6.08 Å². The number of aliphatic hydroxyl groups excluding tert-OH is 6. The van der Waals surface area contributed by atoms with Crippen LogP contribution in [0.15, 0.2) is 24.0 Å². The molecule has 0 aromatic carbocycles. The number of rotatable bonds is 4. The fourth-order valence-electron chi connectivity index (χ4n) is 3.38. The second-order valence-corrected chi connectivity index (χ2v) is 6.16. The van der Waals surface area contributed by atoms with Crippen molar-refractivity contribution in [3.05, 3.63) is 24.0 Å². The van der Waals surface area contributed by atoms with E-state index < -0.39 is 55.6 Å². The Kier molecular flexibility index (Phi) is 5.23. The molecule has 0 unspecified atom stereocenters. The van der Waals surface area contributed by atoms with Crippen molar-refractivity contribution in [1.29, 1.82) is 0 Å². The first-order chi connectivity index (χ1) is 11.5. The van der Waals surface area contributed by atoms with Gasteiger partial charge in [0, 0.05) is 5.92 Å². The second-order valence-electron chi connectivity index (χ2n) is 6.16. The zero-order valence-electron chi connectivity index (χ0n) is 12.8. The Hall–Kier alpha value is -1.04. The molecule has 0 aromatic rings. The van der Waals surface area contributed by atoms with Crippen molar-refractivity contribution in [3.8, 4) is 0 Å². The Balaban J connectivity index is 1.75. The Labute approximate surface area is 138 Å². The average molecular weight is 346 g/mol. The lowest BCUT2D eigenvalue weighted by atomic mass is 9.88. The van der Waals surface area contributed by atoms with Gasteiger partial charge in [0.05, 0.1) is 31.5 Å². The second kappa shape index (κ2) is 7.06. The largest absolute Gasteiger partial charge is 0.472 e. The summed E-state index contributed by atoms with van der Waals surface area (Å²) >= 11 is 0. The summed E-state index contributed by atoms with van der Waals surface area (Å²) in [5.74, 6) is -0.835. The molecule has 2 aliphatic heterocycles. The van der Waals surface area contributed by atoms with Crippen LogP contribution >= 0.6 is 0 Å². The quantitative estimate of drug-likeness (QED) is 0.297. The highest BCUT2D eigenvalue weighted by molar-refractivity contribution is 5.25. The van der Waals surface area contributed by atoms with Crippen LogP contribution in [0, 0.1) is 11.8 Å². The van der Waals surface area contributed by atoms with Gasteiger partial charge in [-0.2, -0.15) is 0 Å². The van der Waals surface area contributed by atoms with Crippen LogP contribution in [-0.4, -0.2) is 87.0 Å². The van der Waals surface area contributed by atoms with Gasteiger partial charge in [-0.05, 0) is 11.6 Å². The lowest BCUT2D eigenvalue weighted by Gasteiger charge is -2.42. The molecule has 0 saturated carbocycles. The Bertz CT molecular complexity index is 505. The molecular formula is C15H22O9. The summed E-state index contributed by atoms with van der Waals surface area (Å²) in [6, 6.07) is 0. The van der Waals surface area contributed by atoms with Gasteiger partial charge in [0.1, 0.15) is 24.4 Å². The van der Waals surface area contributed by atoms with E-state index in [1.165, 1.54) is 12.3 Å². The van der Waals surface area contributed by atoms with Crippen LogP contribution in [0.3, 0.4) is 0 Å². The summed E-state index contributed by atoms with van der Waals surface area (Å²) in [5.41, 5.74) is 0.534. The van der Waals surface area contributed by atoms with Crippen LogP contribution in [0.1, 0.15) is 0 Å². The van der Waals surface area contributed by atoms with Crippen molar-refractivity contribution in [2.45, 2.75) is 43.1 Å². The predicted molar refractivity (Wildman–Crippen MR) is 77.0 cm³/mol. The van der Waals surface area contributed by atoms with E-state index in [1.54, 1.807) is 6.08 Å². The summed E-state index contributed by atoms with van der Waals surface area (Å²) in [5, 5.41) is 58.3. The van der Waals surface area contributed by atoms with E-state index in [-0.39, 0.29) is 12.5 Å². The molecule has 0 amide bonds.